The quantitative estimate of drug-likeness (QED) is 0.551. The van der Waals surface area contributed by atoms with Crippen LogP contribution in [0.5, 0.6) is 0 Å². The fourth-order valence-corrected chi connectivity index (χ4v) is 1.33. The van der Waals surface area contributed by atoms with Crippen LogP contribution in [0.15, 0.2) is 42.7 Å². The van der Waals surface area contributed by atoms with Crippen LogP contribution in [-0.4, -0.2) is 15.9 Å². The Morgan fingerprint density at radius 2 is 2.35 bits per heavy atom. The monoisotopic (exact) mass is 228 g/mol. The van der Waals surface area contributed by atoms with E-state index in [2.05, 4.69) is 15.3 Å². The van der Waals surface area contributed by atoms with E-state index in [4.69, 9.17) is 5.73 Å². The van der Waals surface area contributed by atoms with Gasteiger partial charge in [0.1, 0.15) is 0 Å². The van der Waals surface area contributed by atoms with Crippen LogP contribution in [0.3, 0.4) is 0 Å². The van der Waals surface area contributed by atoms with Crippen molar-refractivity contribution in [2.75, 3.05) is 11.1 Å². The van der Waals surface area contributed by atoms with Crippen molar-refractivity contribution in [1.82, 2.24) is 9.97 Å². The molecule has 0 fully saturated rings. The maximum absolute atomic E-state index is 11.5. The highest BCUT2D eigenvalue weighted by Crippen LogP contribution is 2.08. The van der Waals surface area contributed by atoms with Crippen molar-refractivity contribution in [2.24, 2.45) is 0 Å². The van der Waals surface area contributed by atoms with Crippen LogP contribution in [0.25, 0.3) is 6.08 Å². The van der Waals surface area contributed by atoms with Gasteiger partial charge in [-0.05, 0) is 23.8 Å². The molecule has 0 unspecified atom stereocenters. The average molecular weight is 228 g/mol. The Morgan fingerprint density at radius 1 is 1.47 bits per heavy atom. The summed E-state index contributed by atoms with van der Waals surface area (Å²) < 4.78 is 0. The highest BCUT2D eigenvalue weighted by atomic mass is 16.1. The fourth-order valence-electron chi connectivity index (χ4n) is 1.33. The van der Waals surface area contributed by atoms with E-state index in [0.717, 1.165) is 5.56 Å². The number of nitrogen functional groups attached to an aromatic ring is 1. The number of nitrogens with two attached hydrogens (primary N) is 1. The Labute approximate surface area is 98.4 Å². The van der Waals surface area contributed by atoms with E-state index >= 15 is 0 Å². The maximum Gasteiger partial charge on any atom is 0.250 e. The van der Waals surface area contributed by atoms with Gasteiger partial charge in [0.25, 0.3) is 5.91 Å². The number of carbonyl (C=O) groups is 1. The number of carbonyl (C=O) groups excluding carboxylic acids is 1. The van der Waals surface area contributed by atoms with Gasteiger partial charge in [0, 0.05) is 24.2 Å². The van der Waals surface area contributed by atoms with Gasteiger partial charge in [-0.15, -0.1) is 0 Å². The van der Waals surface area contributed by atoms with Gasteiger partial charge in [-0.1, -0.05) is 12.1 Å². The molecule has 1 aromatic carbocycles. The van der Waals surface area contributed by atoms with Gasteiger partial charge in [0.15, 0.2) is 0 Å². The molecule has 5 nitrogen and oxygen atoms in total. The number of nitrogens with zero attached hydrogens (tertiary/aromatic N) is 1. The third kappa shape index (κ3) is 3.20. The third-order valence-electron chi connectivity index (χ3n) is 2.08. The van der Waals surface area contributed by atoms with Gasteiger partial charge >= 0.3 is 0 Å². The minimum Gasteiger partial charge on any atom is -0.399 e. The van der Waals surface area contributed by atoms with E-state index in [-0.39, 0.29) is 5.91 Å². The normalized spacial score (nSPS) is 10.6. The first kappa shape index (κ1) is 10.9. The van der Waals surface area contributed by atoms with Crippen LogP contribution in [0.1, 0.15) is 5.56 Å². The lowest BCUT2D eigenvalue weighted by Crippen LogP contribution is -2.08. The number of hydrogen-bond acceptors (Lipinski definition) is 3. The molecule has 0 atom stereocenters. The first-order valence-corrected chi connectivity index (χ1v) is 5.08. The van der Waals surface area contributed by atoms with Crippen molar-refractivity contribution < 1.29 is 4.79 Å². The minimum absolute atomic E-state index is 0.248. The third-order valence-corrected chi connectivity index (χ3v) is 2.08. The number of aromatic nitrogens is 2. The molecule has 86 valence electrons. The summed E-state index contributed by atoms with van der Waals surface area (Å²) in [5.74, 6) is 0.176. The van der Waals surface area contributed by atoms with Crippen LogP contribution in [0, 0.1) is 0 Å². The first-order valence-electron chi connectivity index (χ1n) is 5.08. The van der Waals surface area contributed by atoms with Gasteiger partial charge in [0.2, 0.25) is 5.95 Å². The lowest BCUT2D eigenvalue weighted by Gasteiger charge is -1.97. The summed E-state index contributed by atoms with van der Waals surface area (Å²) in [5.41, 5.74) is 7.17. The molecule has 0 saturated heterocycles. The molecule has 0 radical (unpaired) electrons. The number of nitrogens with one attached hydrogen (secondary N) is 2. The van der Waals surface area contributed by atoms with E-state index in [1.165, 1.54) is 6.08 Å². The van der Waals surface area contributed by atoms with Crippen molar-refractivity contribution in [3.63, 3.8) is 0 Å². The second-order valence-corrected chi connectivity index (χ2v) is 3.43. The molecule has 1 aromatic heterocycles. The molecule has 0 aliphatic carbocycles. The lowest BCUT2D eigenvalue weighted by atomic mass is 10.2. The van der Waals surface area contributed by atoms with Crippen molar-refractivity contribution in [3.05, 3.63) is 48.3 Å². The van der Waals surface area contributed by atoms with Crippen molar-refractivity contribution in [3.8, 4) is 0 Å². The molecule has 17 heavy (non-hydrogen) atoms. The smallest absolute Gasteiger partial charge is 0.250 e. The molecule has 1 heterocycles. The number of amides is 1. The Bertz CT molecular complexity index is 531. The highest BCUT2D eigenvalue weighted by molar-refractivity contribution is 6.00. The highest BCUT2D eigenvalue weighted by Gasteiger charge is 1.98. The molecule has 0 bridgehead atoms. The van der Waals surface area contributed by atoms with Gasteiger partial charge in [-0.2, -0.15) is 0 Å². The predicted octanol–water partition coefficient (Wildman–Crippen LogP) is 1.64. The molecule has 4 N–H and O–H groups in total. The molecule has 0 aliphatic rings. The number of rotatable bonds is 3. The van der Waals surface area contributed by atoms with Gasteiger partial charge in [-0.25, -0.2) is 4.98 Å². The average Bonchev–Trinajstić information content (AvgIpc) is 2.79. The minimum atomic E-state index is -0.248. The van der Waals surface area contributed by atoms with Crippen LogP contribution in [0.2, 0.25) is 0 Å². The summed E-state index contributed by atoms with van der Waals surface area (Å²) in [7, 11) is 0. The second kappa shape index (κ2) is 4.98. The molecule has 0 aliphatic heterocycles. The zero-order valence-corrected chi connectivity index (χ0v) is 9.05. The molecular weight excluding hydrogens is 216 g/mol. The summed E-state index contributed by atoms with van der Waals surface area (Å²) in [5, 5.41) is 2.58. The molecule has 2 rings (SSSR count). The van der Waals surface area contributed by atoms with Crippen LogP contribution in [-0.2, 0) is 4.79 Å². The van der Waals surface area contributed by atoms with Crippen molar-refractivity contribution >= 4 is 23.6 Å². The van der Waals surface area contributed by atoms with E-state index in [1.807, 2.05) is 12.1 Å². The molecule has 0 spiro atoms. The molecule has 0 saturated carbocycles. The fraction of sp³-hybridized carbons (Fsp3) is 0. The van der Waals surface area contributed by atoms with E-state index in [1.54, 1.807) is 30.6 Å². The van der Waals surface area contributed by atoms with Gasteiger partial charge in [0.05, 0.1) is 0 Å². The zero-order chi connectivity index (χ0) is 12.1. The Morgan fingerprint density at radius 3 is 3.06 bits per heavy atom. The Balaban J connectivity index is 1.99. The van der Waals surface area contributed by atoms with Crippen LogP contribution < -0.4 is 11.1 Å². The lowest BCUT2D eigenvalue weighted by molar-refractivity contribution is -0.111. The number of benzene rings is 1. The van der Waals surface area contributed by atoms with E-state index in [0.29, 0.717) is 11.6 Å². The van der Waals surface area contributed by atoms with Gasteiger partial charge < -0.3 is 10.7 Å². The SMILES string of the molecule is Nc1cccc(/C=C/C(=O)Nc2ncc[nH]2)c1. The van der Waals surface area contributed by atoms with Crippen LogP contribution >= 0.6 is 0 Å². The Kier molecular flexibility index (Phi) is 3.20. The largest absolute Gasteiger partial charge is 0.399 e. The summed E-state index contributed by atoms with van der Waals surface area (Å²) >= 11 is 0. The molecular formula is C12H12N4O. The van der Waals surface area contributed by atoms with Crippen molar-refractivity contribution in [2.45, 2.75) is 0 Å². The summed E-state index contributed by atoms with van der Waals surface area (Å²) in [6.45, 7) is 0. The molecule has 5 heteroatoms. The number of H-pyrrole nitrogens is 1. The standard InChI is InChI=1S/C12H12N4O/c13-10-3-1-2-9(8-10)4-5-11(17)16-12-14-6-7-15-12/h1-8H,13H2,(H2,14,15,16,17)/b5-4+. The summed E-state index contributed by atoms with van der Waals surface area (Å²) in [6.07, 6.45) is 6.32. The topological polar surface area (TPSA) is 83.8 Å². The summed E-state index contributed by atoms with van der Waals surface area (Å²) in [6, 6.07) is 7.28. The number of imidazole rings is 1. The maximum atomic E-state index is 11.5. The number of hydrogen-bond donors (Lipinski definition) is 3. The van der Waals surface area contributed by atoms with Gasteiger partial charge in [-0.3, -0.25) is 10.1 Å². The van der Waals surface area contributed by atoms with Crippen LogP contribution in [0.4, 0.5) is 11.6 Å². The Hall–Kier alpha value is -2.56. The second-order valence-electron chi connectivity index (χ2n) is 3.43. The zero-order valence-electron chi connectivity index (χ0n) is 9.05. The van der Waals surface area contributed by atoms with Crippen molar-refractivity contribution in [1.29, 1.82) is 0 Å². The van der Waals surface area contributed by atoms with E-state index < -0.39 is 0 Å². The summed E-state index contributed by atoms with van der Waals surface area (Å²) in [4.78, 5) is 18.1. The predicted molar refractivity (Wildman–Crippen MR) is 67.1 cm³/mol. The molecule has 1 amide bonds. The van der Waals surface area contributed by atoms with E-state index in [9.17, 15) is 4.79 Å². The number of anilines is 2. The number of aromatic amines is 1. The molecule has 2 aromatic rings. The first-order chi connectivity index (χ1) is 8.24.